The van der Waals surface area contributed by atoms with Crippen molar-refractivity contribution in [2.24, 2.45) is 0 Å². The Hall–Kier alpha value is -9.62. The van der Waals surface area contributed by atoms with Crippen LogP contribution in [0.25, 0.3) is 112 Å². The number of aromatic nitrogens is 15. The molecule has 0 unspecified atom stereocenters. The Bertz CT molecular complexity index is 3750. The van der Waals surface area contributed by atoms with E-state index in [1.807, 2.05) is 116 Å². The highest BCUT2D eigenvalue weighted by Crippen LogP contribution is 2.44. The molecule has 7 aromatic heterocycles. The van der Waals surface area contributed by atoms with Gasteiger partial charge in [0, 0.05) is 54.9 Å². The molecule has 16 heteroatoms. The Morgan fingerprint density at radius 2 is 0.653 bits per heavy atom. The molecule has 346 valence electrons. The molecule has 7 heterocycles. The van der Waals surface area contributed by atoms with Gasteiger partial charge in [-0.2, -0.15) is 5.26 Å². The maximum atomic E-state index is 11.0. The predicted molar refractivity (Wildman–Crippen MR) is 276 cm³/mol. The van der Waals surface area contributed by atoms with Crippen LogP contribution in [-0.4, -0.2) is 73.9 Å². The second-order valence-electron chi connectivity index (χ2n) is 17.8. The van der Waals surface area contributed by atoms with E-state index >= 15 is 0 Å². The van der Waals surface area contributed by atoms with Crippen molar-refractivity contribution in [3.8, 4) is 74.1 Å². The van der Waals surface area contributed by atoms with Gasteiger partial charge < -0.3 is 9.13 Å². The number of nitrogens with zero attached hydrogens (tertiary/aromatic N) is 16. The van der Waals surface area contributed by atoms with Gasteiger partial charge in [0.1, 0.15) is 46.6 Å². The largest absolute Gasteiger partial charge is 0.307 e. The molecule has 0 aliphatic rings. The normalized spacial score (nSPS) is 11.6. The highest BCUT2D eigenvalue weighted by Gasteiger charge is 2.26. The lowest BCUT2D eigenvalue weighted by Crippen LogP contribution is -2.06. The lowest BCUT2D eigenvalue weighted by Gasteiger charge is -2.20. The summed E-state index contributed by atoms with van der Waals surface area (Å²) in [6.45, 7) is 15.0. The van der Waals surface area contributed by atoms with E-state index in [2.05, 4.69) is 83.7 Å². The summed E-state index contributed by atoms with van der Waals surface area (Å²) >= 11 is 0. The molecule has 0 spiro atoms. The van der Waals surface area contributed by atoms with Crippen LogP contribution in [0, 0.1) is 66.7 Å². The van der Waals surface area contributed by atoms with Crippen LogP contribution in [0.4, 0.5) is 0 Å². The summed E-state index contributed by atoms with van der Waals surface area (Å²) in [5.74, 6) is 7.21. The van der Waals surface area contributed by atoms with E-state index in [1.54, 1.807) is 0 Å². The Labute approximate surface area is 412 Å². The van der Waals surface area contributed by atoms with Crippen LogP contribution in [0.3, 0.4) is 0 Å². The minimum atomic E-state index is 0.482. The van der Waals surface area contributed by atoms with Gasteiger partial charge in [-0.05, 0) is 85.7 Å². The molecule has 0 amide bonds. The first-order chi connectivity index (χ1) is 34.9. The van der Waals surface area contributed by atoms with Crippen LogP contribution in [0.5, 0.6) is 0 Å². The van der Waals surface area contributed by atoms with Crippen LogP contribution in [0.1, 0.15) is 52.2 Å². The van der Waals surface area contributed by atoms with Crippen molar-refractivity contribution in [1.29, 1.82) is 5.26 Å². The molecule has 0 N–H and O–H groups in total. The highest BCUT2D eigenvalue weighted by molar-refractivity contribution is 6.13. The average molecular weight is 939 g/mol. The van der Waals surface area contributed by atoms with Crippen molar-refractivity contribution in [1.82, 2.24) is 73.9 Å². The molecule has 0 atom stereocenters. The lowest BCUT2D eigenvalue weighted by molar-refractivity contribution is 0.928. The van der Waals surface area contributed by atoms with E-state index in [4.69, 9.17) is 44.9 Å². The smallest absolute Gasteiger partial charge is 0.163 e. The summed E-state index contributed by atoms with van der Waals surface area (Å²) in [5, 5.41) is 14.9. The van der Waals surface area contributed by atoms with E-state index < -0.39 is 0 Å². The first kappa shape index (κ1) is 43.6. The number of hydrogen-bond donors (Lipinski definition) is 0. The highest BCUT2D eigenvalue weighted by atomic mass is 15.1. The third-order valence-electron chi connectivity index (χ3n) is 12.7. The molecule has 0 saturated heterocycles. The van der Waals surface area contributed by atoms with Crippen LogP contribution in [0.15, 0.2) is 109 Å². The number of fused-ring (bicyclic) bond motifs is 6. The summed E-state index contributed by atoms with van der Waals surface area (Å²) in [6, 6.07) is 35.3. The molecular formula is C56H42N16. The fraction of sp³-hybridized carbons (Fsp3) is 0.143. The Morgan fingerprint density at radius 1 is 0.361 bits per heavy atom. The van der Waals surface area contributed by atoms with Gasteiger partial charge in [-0.1, -0.05) is 66.7 Å². The van der Waals surface area contributed by atoms with Crippen LogP contribution in [0.2, 0.25) is 0 Å². The van der Waals surface area contributed by atoms with Crippen LogP contribution < -0.4 is 0 Å². The summed E-state index contributed by atoms with van der Waals surface area (Å²) in [5.41, 5.74) is 10.0. The molecule has 72 heavy (non-hydrogen) atoms. The number of aryl methyl sites for hydroxylation is 8. The SMILES string of the molecule is Cc1nc(C)nc(-c2ccc3c4ccc(-c5nc(C)nc(C)n5)cc4n(-c4cncc(-n5c6cc(-c7nc(C)nc(C)n7)ccc6c6ccc(-c7nc(C)nc(C)n7)cc65)c4-c4ccccc4C#N)c3c2)n1. The molecule has 0 saturated carbocycles. The molecule has 12 rings (SSSR count). The maximum Gasteiger partial charge on any atom is 0.163 e. The maximum absolute atomic E-state index is 11.0. The molecule has 0 radical (unpaired) electrons. The summed E-state index contributed by atoms with van der Waals surface area (Å²) in [6.07, 6.45) is 3.74. The Kier molecular flexibility index (Phi) is 10.2. The Balaban J connectivity index is 1.23. The number of pyridine rings is 1. The van der Waals surface area contributed by atoms with Crippen molar-refractivity contribution in [3.63, 3.8) is 0 Å². The van der Waals surface area contributed by atoms with Crippen LogP contribution >= 0.6 is 0 Å². The van der Waals surface area contributed by atoms with Gasteiger partial charge in [0.25, 0.3) is 0 Å². The van der Waals surface area contributed by atoms with Gasteiger partial charge in [0.2, 0.25) is 0 Å². The zero-order valence-corrected chi connectivity index (χ0v) is 40.5. The van der Waals surface area contributed by atoms with Gasteiger partial charge in [0.05, 0.1) is 57.5 Å². The molecule has 0 fully saturated rings. The first-order valence-electron chi connectivity index (χ1n) is 23.3. The predicted octanol–water partition coefficient (Wildman–Crippen LogP) is 10.7. The van der Waals surface area contributed by atoms with Crippen molar-refractivity contribution in [3.05, 3.63) is 162 Å². The standard InChI is InChI=1S/C56H42N16/c1-28-59-29(2)64-53(63-28)36-13-17-42-43-18-14-37(54-65-30(3)60-31(4)66-54)22-47(43)71(46(42)21-36)50-26-58-27-51(52(50)41-12-10-9-11-40(41)25-57)72-48-23-38(55-67-32(5)61-33(6)68-55)15-19-44(48)45-20-16-39(24-49(45)72)56-69-34(7)62-35(8)70-56/h9-24,26-27H,1-8H3. The minimum Gasteiger partial charge on any atom is -0.307 e. The molecular weight excluding hydrogens is 897 g/mol. The summed E-state index contributed by atoms with van der Waals surface area (Å²) in [4.78, 5) is 61.2. The first-order valence-corrected chi connectivity index (χ1v) is 23.3. The van der Waals surface area contributed by atoms with Gasteiger partial charge in [-0.3, -0.25) is 4.98 Å². The monoisotopic (exact) mass is 938 g/mol. The van der Waals surface area contributed by atoms with Gasteiger partial charge in [-0.15, -0.1) is 0 Å². The summed E-state index contributed by atoms with van der Waals surface area (Å²) < 4.78 is 4.44. The number of rotatable bonds is 7. The topological polar surface area (TPSA) is 201 Å². The van der Waals surface area contributed by atoms with Crippen LogP contribution in [-0.2, 0) is 0 Å². The quantitative estimate of drug-likeness (QED) is 0.146. The molecule has 16 nitrogen and oxygen atoms in total. The second kappa shape index (κ2) is 16.8. The van der Waals surface area contributed by atoms with E-state index in [0.717, 1.165) is 71.4 Å². The molecule has 0 bridgehead atoms. The van der Waals surface area contributed by atoms with Crippen molar-refractivity contribution in [2.75, 3.05) is 0 Å². The van der Waals surface area contributed by atoms with E-state index in [0.29, 0.717) is 92.4 Å². The summed E-state index contributed by atoms with van der Waals surface area (Å²) in [7, 11) is 0. The van der Waals surface area contributed by atoms with Gasteiger partial charge >= 0.3 is 0 Å². The molecule has 0 aliphatic carbocycles. The number of nitriles is 1. The zero-order chi connectivity index (χ0) is 49.5. The lowest BCUT2D eigenvalue weighted by atomic mass is 9.97. The zero-order valence-electron chi connectivity index (χ0n) is 40.5. The Morgan fingerprint density at radius 3 is 0.944 bits per heavy atom. The third-order valence-corrected chi connectivity index (χ3v) is 12.7. The van der Waals surface area contributed by atoms with Crippen molar-refractivity contribution < 1.29 is 0 Å². The van der Waals surface area contributed by atoms with Crippen molar-refractivity contribution >= 4 is 43.6 Å². The van der Waals surface area contributed by atoms with Gasteiger partial charge in [-0.25, -0.2) is 59.8 Å². The molecule has 5 aromatic carbocycles. The third kappa shape index (κ3) is 7.42. The molecule has 12 aromatic rings. The van der Waals surface area contributed by atoms with E-state index in [9.17, 15) is 5.26 Å². The second-order valence-corrected chi connectivity index (χ2v) is 17.8. The fourth-order valence-corrected chi connectivity index (χ4v) is 9.94. The van der Waals surface area contributed by atoms with Crippen molar-refractivity contribution in [2.45, 2.75) is 55.4 Å². The minimum absolute atomic E-state index is 0.482. The fourth-order valence-electron chi connectivity index (χ4n) is 9.94. The van der Waals surface area contributed by atoms with Gasteiger partial charge in [0.15, 0.2) is 23.3 Å². The van der Waals surface area contributed by atoms with E-state index in [1.165, 1.54) is 0 Å². The number of hydrogen-bond acceptors (Lipinski definition) is 14. The molecule has 0 aliphatic heterocycles. The average Bonchev–Trinajstić information content (AvgIpc) is 3.86. The van der Waals surface area contributed by atoms with E-state index in [-0.39, 0.29) is 0 Å². The number of benzene rings is 5.